The minimum absolute atomic E-state index is 0.0277. The third kappa shape index (κ3) is 1.91. The molecule has 2 atom stereocenters. The van der Waals surface area contributed by atoms with Crippen LogP contribution < -0.4 is 5.73 Å². The number of alkyl halides is 1. The first-order valence-corrected chi connectivity index (χ1v) is 4.65. The first-order valence-electron chi connectivity index (χ1n) is 4.65. The second-order valence-electron chi connectivity index (χ2n) is 3.91. The Balaban J connectivity index is 2.01. The van der Waals surface area contributed by atoms with Gasteiger partial charge in [0.25, 0.3) is 0 Å². The van der Waals surface area contributed by atoms with Crippen molar-refractivity contribution in [2.75, 3.05) is 0 Å². The van der Waals surface area contributed by atoms with Crippen molar-refractivity contribution >= 4 is 0 Å². The summed E-state index contributed by atoms with van der Waals surface area (Å²) in [5.74, 6) is 0.719. The van der Waals surface area contributed by atoms with E-state index in [4.69, 9.17) is 10.2 Å². The zero-order valence-corrected chi connectivity index (χ0v) is 7.50. The van der Waals surface area contributed by atoms with Crippen LogP contribution in [0.5, 0.6) is 0 Å². The molecule has 1 fully saturated rings. The molecule has 1 aromatic rings. The van der Waals surface area contributed by atoms with Crippen molar-refractivity contribution < 1.29 is 8.81 Å². The Morgan fingerprint density at radius 1 is 1.69 bits per heavy atom. The fourth-order valence-corrected chi connectivity index (χ4v) is 2.00. The number of hydrogen-bond donors (Lipinski definition) is 1. The molecule has 3 heteroatoms. The summed E-state index contributed by atoms with van der Waals surface area (Å²) in [6.45, 7) is 0. The lowest BCUT2D eigenvalue weighted by Crippen LogP contribution is -2.25. The molecule has 2 unspecified atom stereocenters. The van der Waals surface area contributed by atoms with Crippen LogP contribution in [0.15, 0.2) is 22.8 Å². The Bertz CT molecular complexity index is 272. The van der Waals surface area contributed by atoms with Gasteiger partial charge in [-0.15, -0.1) is 0 Å². The average molecular weight is 183 g/mol. The molecule has 0 aromatic carbocycles. The topological polar surface area (TPSA) is 39.2 Å². The Hall–Kier alpha value is -0.830. The molecule has 1 saturated carbocycles. The van der Waals surface area contributed by atoms with Crippen molar-refractivity contribution in [3.63, 3.8) is 0 Å². The molecular weight excluding hydrogens is 169 g/mol. The lowest BCUT2D eigenvalue weighted by atomic mass is 9.98. The minimum Gasteiger partial charge on any atom is -0.469 e. The molecule has 0 radical (unpaired) electrons. The van der Waals surface area contributed by atoms with E-state index in [1.165, 1.54) is 0 Å². The first kappa shape index (κ1) is 8.75. The number of halogens is 1. The summed E-state index contributed by atoms with van der Waals surface area (Å²) in [5, 5.41) is 0. The van der Waals surface area contributed by atoms with Crippen molar-refractivity contribution in [2.24, 2.45) is 5.73 Å². The second-order valence-corrected chi connectivity index (χ2v) is 3.91. The number of nitrogens with two attached hydrogens (primary N) is 1. The fourth-order valence-electron chi connectivity index (χ4n) is 2.00. The van der Waals surface area contributed by atoms with E-state index >= 15 is 0 Å². The maximum absolute atomic E-state index is 14.0. The molecule has 1 heterocycles. The molecule has 0 spiro atoms. The van der Waals surface area contributed by atoms with Crippen LogP contribution in [0.25, 0.3) is 0 Å². The standard InChI is InChI=1S/C10H14FNO/c11-10(4-3-8(12)6-10)7-9-2-1-5-13-9/h1-2,5,8H,3-4,6-7,12H2. The van der Waals surface area contributed by atoms with Gasteiger partial charge in [0.1, 0.15) is 11.4 Å². The maximum atomic E-state index is 14.0. The summed E-state index contributed by atoms with van der Waals surface area (Å²) < 4.78 is 19.1. The van der Waals surface area contributed by atoms with Gasteiger partial charge in [-0.1, -0.05) is 0 Å². The molecule has 13 heavy (non-hydrogen) atoms. The maximum Gasteiger partial charge on any atom is 0.119 e. The van der Waals surface area contributed by atoms with Crippen molar-refractivity contribution in [3.8, 4) is 0 Å². The van der Waals surface area contributed by atoms with Gasteiger partial charge >= 0.3 is 0 Å². The number of furan rings is 1. The molecule has 0 amide bonds. The first-order chi connectivity index (χ1) is 6.18. The molecule has 1 aliphatic carbocycles. The fraction of sp³-hybridized carbons (Fsp3) is 0.600. The van der Waals surface area contributed by atoms with Gasteiger partial charge < -0.3 is 10.2 Å². The predicted octanol–water partition coefficient (Wildman–Crippen LogP) is 2.04. The van der Waals surface area contributed by atoms with Gasteiger partial charge in [-0.3, -0.25) is 0 Å². The van der Waals surface area contributed by atoms with Crippen LogP contribution in [0.4, 0.5) is 4.39 Å². The molecule has 0 aliphatic heterocycles. The summed E-state index contributed by atoms with van der Waals surface area (Å²) in [5.41, 5.74) is 4.54. The van der Waals surface area contributed by atoms with E-state index < -0.39 is 5.67 Å². The summed E-state index contributed by atoms with van der Waals surface area (Å²) in [4.78, 5) is 0. The molecule has 1 aromatic heterocycles. The quantitative estimate of drug-likeness (QED) is 0.762. The van der Waals surface area contributed by atoms with Crippen LogP contribution in [0, 0.1) is 0 Å². The van der Waals surface area contributed by atoms with E-state index in [1.807, 2.05) is 6.07 Å². The molecule has 1 aliphatic rings. The van der Waals surface area contributed by atoms with Gasteiger partial charge in [-0.05, 0) is 31.4 Å². The largest absolute Gasteiger partial charge is 0.469 e. The van der Waals surface area contributed by atoms with E-state index in [0.717, 1.165) is 12.2 Å². The SMILES string of the molecule is NC1CCC(F)(Cc2ccco2)C1. The van der Waals surface area contributed by atoms with Gasteiger partial charge in [0.05, 0.1) is 6.26 Å². The Morgan fingerprint density at radius 2 is 2.54 bits per heavy atom. The monoisotopic (exact) mass is 183 g/mol. The van der Waals surface area contributed by atoms with Crippen LogP contribution in [0.1, 0.15) is 25.0 Å². The minimum atomic E-state index is -1.13. The summed E-state index contributed by atoms with van der Waals surface area (Å²) in [6.07, 6.45) is 3.76. The van der Waals surface area contributed by atoms with Crippen LogP contribution in [-0.4, -0.2) is 11.7 Å². The molecule has 2 rings (SSSR count). The molecule has 2 nitrogen and oxygen atoms in total. The Morgan fingerprint density at radius 3 is 3.08 bits per heavy atom. The van der Waals surface area contributed by atoms with E-state index in [2.05, 4.69) is 0 Å². The lowest BCUT2D eigenvalue weighted by Gasteiger charge is -2.17. The van der Waals surface area contributed by atoms with Crippen molar-refractivity contribution in [3.05, 3.63) is 24.2 Å². The molecular formula is C10H14FNO. The second kappa shape index (κ2) is 3.14. The Labute approximate surface area is 76.9 Å². The predicted molar refractivity (Wildman–Crippen MR) is 48.1 cm³/mol. The zero-order chi connectivity index (χ0) is 9.31. The van der Waals surface area contributed by atoms with Crippen LogP contribution in [0.2, 0.25) is 0 Å². The third-order valence-corrected chi connectivity index (χ3v) is 2.66. The van der Waals surface area contributed by atoms with Crippen molar-refractivity contribution in [2.45, 2.75) is 37.4 Å². The average Bonchev–Trinajstić information content (AvgIpc) is 2.62. The molecule has 2 N–H and O–H groups in total. The zero-order valence-electron chi connectivity index (χ0n) is 7.50. The van der Waals surface area contributed by atoms with E-state index in [1.54, 1.807) is 12.3 Å². The van der Waals surface area contributed by atoms with Crippen LogP contribution in [-0.2, 0) is 6.42 Å². The smallest absolute Gasteiger partial charge is 0.119 e. The highest BCUT2D eigenvalue weighted by molar-refractivity contribution is 5.05. The Kier molecular flexibility index (Phi) is 2.12. The molecule has 72 valence electrons. The highest BCUT2D eigenvalue weighted by Crippen LogP contribution is 2.35. The summed E-state index contributed by atoms with van der Waals surface area (Å²) in [7, 11) is 0. The highest BCUT2D eigenvalue weighted by Gasteiger charge is 2.38. The van der Waals surface area contributed by atoms with Crippen molar-refractivity contribution in [1.29, 1.82) is 0 Å². The van der Waals surface area contributed by atoms with Gasteiger partial charge in [0, 0.05) is 12.5 Å². The summed E-state index contributed by atoms with van der Waals surface area (Å²) >= 11 is 0. The van der Waals surface area contributed by atoms with Gasteiger partial charge in [0.15, 0.2) is 0 Å². The van der Waals surface area contributed by atoms with Gasteiger partial charge in [-0.25, -0.2) is 4.39 Å². The van der Waals surface area contributed by atoms with Crippen LogP contribution >= 0.6 is 0 Å². The molecule has 0 saturated heterocycles. The number of hydrogen-bond acceptors (Lipinski definition) is 2. The van der Waals surface area contributed by atoms with Gasteiger partial charge in [0.2, 0.25) is 0 Å². The third-order valence-electron chi connectivity index (χ3n) is 2.66. The normalized spacial score (nSPS) is 33.8. The number of rotatable bonds is 2. The van der Waals surface area contributed by atoms with E-state index in [0.29, 0.717) is 19.3 Å². The van der Waals surface area contributed by atoms with Crippen molar-refractivity contribution in [1.82, 2.24) is 0 Å². The van der Waals surface area contributed by atoms with Crippen LogP contribution in [0.3, 0.4) is 0 Å². The van der Waals surface area contributed by atoms with E-state index in [9.17, 15) is 4.39 Å². The van der Waals surface area contributed by atoms with E-state index in [-0.39, 0.29) is 6.04 Å². The van der Waals surface area contributed by atoms with Gasteiger partial charge in [-0.2, -0.15) is 0 Å². The summed E-state index contributed by atoms with van der Waals surface area (Å²) in [6, 6.07) is 3.62. The lowest BCUT2D eigenvalue weighted by molar-refractivity contribution is 0.161. The molecule has 0 bridgehead atoms. The highest BCUT2D eigenvalue weighted by atomic mass is 19.1.